The van der Waals surface area contributed by atoms with E-state index in [0.717, 1.165) is 18.6 Å². The van der Waals surface area contributed by atoms with Gasteiger partial charge in [0.15, 0.2) is 0 Å². The van der Waals surface area contributed by atoms with E-state index >= 15 is 0 Å². The molecule has 18 heavy (non-hydrogen) atoms. The highest BCUT2D eigenvalue weighted by Gasteiger charge is 2.27. The molecule has 2 aliphatic carbocycles. The van der Waals surface area contributed by atoms with Crippen LogP contribution in [0.2, 0.25) is 0 Å². The fourth-order valence-corrected chi connectivity index (χ4v) is 2.82. The number of unbranched alkanes of at least 4 members (excludes halogenated alkanes) is 1. The molecule has 0 radical (unpaired) electrons. The molecule has 3 heteroatoms. The lowest BCUT2D eigenvalue weighted by atomic mass is 10.1. The summed E-state index contributed by atoms with van der Waals surface area (Å²) >= 11 is 0. The molecular weight excluding hydrogens is 224 g/mol. The van der Waals surface area contributed by atoms with Crippen molar-refractivity contribution < 1.29 is 4.74 Å². The van der Waals surface area contributed by atoms with Gasteiger partial charge in [0.1, 0.15) is 0 Å². The highest BCUT2D eigenvalue weighted by Crippen LogP contribution is 2.25. The molecule has 3 aliphatic rings. The molecule has 0 aromatic carbocycles. The number of rotatable bonds is 9. The molecule has 2 atom stereocenters. The Morgan fingerprint density at radius 2 is 1.50 bits per heavy atom. The zero-order chi connectivity index (χ0) is 12.2. The van der Waals surface area contributed by atoms with Crippen LogP contribution in [0.1, 0.15) is 57.8 Å². The number of nitrogens with one attached hydrogen (secondary N) is 2. The Bertz CT molecular complexity index is 251. The van der Waals surface area contributed by atoms with Crippen molar-refractivity contribution in [2.24, 2.45) is 0 Å². The third-order valence-electron chi connectivity index (χ3n) is 4.37. The maximum Gasteiger partial charge on any atom is 0.0704 e. The average Bonchev–Trinajstić information content (AvgIpc) is 3.28. The third-order valence-corrected chi connectivity index (χ3v) is 4.37. The molecular formula is C15H28N2O. The van der Waals surface area contributed by atoms with Gasteiger partial charge in [-0.3, -0.25) is 0 Å². The van der Waals surface area contributed by atoms with E-state index in [9.17, 15) is 0 Å². The van der Waals surface area contributed by atoms with E-state index in [1.165, 1.54) is 64.3 Å². The Hall–Kier alpha value is -0.120. The zero-order valence-corrected chi connectivity index (χ0v) is 11.5. The van der Waals surface area contributed by atoms with Crippen molar-refractivity contribution >= 4 is 0 Å². The van der Waals surface area contributed by atoms with E-state index in [0.29, 0.717) is 12.2 Å². The Morgan fingerprint density at radius 1 is 0.778 bits per heavy atom. The third kappa shape index (κ3) is 4.52. The van der Waals surface area contributed by atoms with E-state index in [1.54, 1.807) is 0 Å². The molecule has 3 nitrogen and oxygen atoms in total. The van der Waals surface area contributed by atoms with Gasteiger partial charge >= 0.3 is 0 Å². The van der Waals surface area contributed by atoms with Crippen LogP contribution in [0.25, 0.3) is 0 Å². The zero-order valence-electron chi connectivity index (χ0n) is 11.5. The summed E-state index contributed by atoms with van der Waals surface area (Å²) in [7, 11) is 0. The standard InChI is InChI=1S/C15H28N2O/c1(2-10-16-12-4-5-12)3-14-8-9-15(18-14)11-17-13-6-7-13/h12-17H,1-11H2. The molecule has 0 bridgehead atoms. The lowest BCUT2D eigenvalue weighted by Gasteiger charge is -2.14. The number of ether oxygens (including phenoxy) is 1. The van der Waals surface area contributed by atoms with Crippen molar-refractivity contribution in [3.05, 3.63) is 0 Å². The van der Waals surface area contributed by atoms with Crippen LogP contribution in [0.15, 0.2) is 0 Å². The number of hydrogen-bond donors (Lipinski definition) is 2. The van der Waals surface area contributed by atoms with Gasteiger partial charge in [0.2, 0.25) is 0 Å². The predicted octanol–water partition coefficient (Wildman–Crippen LogP) is 2.21. The van der Waals surface area contributed by atoms with Crippen molar-refractivity contribution in [1.29, 1.82) is 0 Å². The molecule has 2 unspecified atom stereocenters. The first-order valence-corrected chi connectivity index (χ1v) is 8.02. The lowest BCUT2D eigenvalue weighted by molar-refractivity contribution is 0.0394. The van der Waals surface area contributed by atoms with E-state index in [-0.39, 0.29) is 0 Å². The second-order valence-electron chi connectivity index (χ2n) is 6.36. The minimum Gasteiger partial charge on any atom is -0.374 e. The van der Waals surface area contributed by atoms with Crippen LogP contribution in [0.4, 0.5) is 0 Å². The van der Waals surface area contributed by atoms with Crippen LogP contribution in [0.5, 0.6) is 0 Å². The fraction of sp³-hybridized carbons (Fsp3) is 1.00. The molecule has 3 fully saturated rings. The summed E-state index contributed by atoms with van der Waals surface area (Å²) in [5.41, 5.74) is 0. The van der Waals surface area contributed by atoms with Crippen molar-refractivity contribution in [3.8, 4) is 0 Å². The Kier molecular flexibility index (Phi) is 4.55. The first-order valence-electron chi connectivity index (χ1n) is 8.02. The monoisotopic (exact) mass is 252 g/mol. The molecule has 2 N–H and O–H groups in total. The van der Waals surface area contributed by atoms with Crippen molar-refractivity contribution in [2.75, 3.05) is 13.1 Å². The highest BCUT2D eigenvalue weighted by atomic mass is 16.5. The topological polar surface area (TPSA) is 33.3 Å². The van der Waals surface area contributed by atoms with Crippen molar-refractivity contribution in [1.82, 2.24) is 10.6 Å². The first kappa shape index (κ1) is 12.9. The van der Waals surface area contributed by atoms with Crippen LogP contribution in [-0.2, 0) is 4.74 Å². The summed E-state index contributed by atoms with van der Waals surface area (Å²) in [6.07, 6.45) is 13.1. The predicted molar refractivity (Wildman–Crippen MR) is 73.8 cm³/mol. The summed E-state index contributed by atoms with van der Waals surface area (Å²) in [5, 5.41) is 7.16. The molecule has 1 heterocycles. The summed E-state index contributed by atoms with van der Waals surface area (Å²) < 4.78 is 6.10. The summed E-state index contributed by atoms with van der Waals surface area (Å²) in [5.74, 6) is 0. The fourth-order valence-electron chi connectivity index (χ4n) is 2.82. The Balaban J connectivity index is 1.18. The molecule has 0 aromatic heterocycles. The molecule has 1 saturated heterocycles. The molecule has 3 rings (SSSR count). The van der Waals surface area contributed by atoms with Crippen LogP contribution in [0.3, 0.4) is 0 Å². The second kappa shape index (κ2) is 6.36. The van der Waals surface area contributed by atoms with E-state index in [1.807, 2.05) is 0 Å². The smallest absolute Gasteiger partial charge is 0.0704 e. The second-order valence-corrected chi connectivity index (χ2v) is 6.36. The van der Waals surface area contributed by atoms with Gasteiger partial charge < -0.3 is 15.4 Å². The van der Waals surface area contributed by atoms with Crippen LogP contribution >= 0.6 is 0 Å². The lowest BCUT2D eigenvalue weighted by Crippen LogP contribution is -2.28. The quantitative estimate of drug-likeness (QED) is 0.617. The van der Waals surface area contributed by atoms with Gasteiger partial charge in [-0.25, -0.2) is 0 Å². The van der Waals surface area contributed by atoms with Gasteiger partial charge in [-0.2, -0.15) is 0 Å². The maximum atomic E-state index is 6.10. The Labute approximate surface area is 111 Å². The Morgan fingerprint density at radius 3 is 2.28 bits per heavy atom. The molecule has 104 valence electrons. The van der Waals surface area contributed by atoms with Gasteiger partial charge in [0.25, 0.3) is 0 Å². The summed E-state index contributed by atoms with van der Waals surface area (Å²) in [4.78, 5) is 0. The van der Waals surface area contributed by atoms with Gasteiger partial charge in [-0.15, -0.1) is 0 Å². The normalized spacial score (nSPS) is 32.0. The molecule has 2 saturated carbocycles. The SMILES string of the molecule is C(CCC1CCC(CNC2CC2)O1)CNC1CC1. The highest BCUT2D eigenvalue weighted by molar-refractivity contribution is 4.84. The minimum atomic E-state index is 0.500. The van der Waals surface area contributed by atoms with Crippen LogP contribution in [-0.4, -0.2) is 37.4 Å². The van der Waals surface area contributed by atoms with Crippen molar-refractivity contribution in [3.63, 3.8) is 0 Å². The summed E-state index contributed by atoms with van der Waals surface area (Å²) in [6, 6.07) is 1.69. The summed E-state index contributed by atoms with van der Waals surface area (Å²) in [6.45, 7) is 2.30. The average molecular weight is 252 g/mol. The van der Waals surface area contributed by atoms with Gasteiger partial charge in [0.05, 0.1) is 12.2 Å². The molecule has 1 aliphatic heterocycles. The van der Waals surface area contributed by atoms with E-state index in [4.69, 9.17) is 4.74 Å². The van der Waals surface area contributed by atoms with Crippen LogP contribution < -0.4 is 10.6 Å². The first-order chi connectivity index (χ1) is 8.90. The van der Waals surface area contributed by atoms with Crippen molar-refractivity contribution in [2.45, 2.75) is 82.1 Å². The maximum absolute atomic E-state index is 6.10. The minimum absolute atomic E-state index is 0.500. The molecule has 0 amide bonds. The van der Waals surface area contributed by atoms with E-state index in [2.05, 4.69) is 10.6 Å². The largest absolute Gasteiger partial charge is 0.374 e. The van der Waals surface area contributed by atoms with Gasteiger partial charge in [-0.1, -0.05) is 0 Å². The van der Waals surface area contributed by atoms with Gasteiger partial charge in [0, 0.05) is 18.6 Å². The molecule has 0 aromatic rings. The number of hydrogen-bond acceptors (Lipinski definition) is 3. The molecule has 0 spiro atoms. The van der Waals surface area contributed by atoms with E-state index < -0.39 is 0 Å². The van der Waals surface area contributed by atoms with Gasteiger partial charge in [-0.05, 0) is 64.3 Å². The van der Waals surface area contributed by atoms with Crippen LogP contribution in [0, 0.1) is 0 Å².